The van der Waals surface area contributed by atoms with Gasteiger partial charge in [0, 0.05) is 11.1 Å². The first-order chi connectivity index (χ1) is 14.5. The Kier molecular flexibility index (Phi) is 4.18. The number of nitrogens with two attached hydrogens (primary N) is 1. The first-order valence-corrected chi connectivity index (χ1v) is 13.4. The average molecular weight is 443 g/mol. The molecule has 1 fully saturated rings. The average Bonchev–Trinajstić information content (AvgIpc) is 3.06. The molecule has 2 aromatic heterocycles. The number of carbonyl (C=O) groups is 1. The lowest BCUT2D eigenvalue weighted by molar-refractivity contribution is 0.260. The van der Waals surface area contributed by atoms with E-state index in [4.69, 9.17) is 10.1 Å². The largest absolute Gasteiger partial charge is 0.354 e. The number of pyridine rings is 1. The van der Waals surface area contributed by atoms with Gasteiger partial charge in [-0.25, -0.2) is 14.1 Å². The Morgan fingerprint density at radius 1 is 1.07 bits per heavy atom. The molecule has 2 aromatic rings. The second-order valence-electron chi connectivity index (χ2n) is 9.20. The third kappa shape index (κ3) is 2.87. The molecule has 158 valence electrons. The number of amides is 2. The minimum atomic E-state index is -3.25. The van der Waals surface area contributed by atoms with Gasteiger partial charge in [0.1, 0.15) is 4.21 Å². The maximum Gasteiger partial charge on any atom is 0.354 e. The number of thiophene rings is 1. The Hall–Kier alpha value is -1.77. The maximum absolute atomic E-state index is 13.3. The molecular formula is C22H26N4O2S2. The van der Waals surface area contributed by atoms with Gasteiger partial charge in [-0.1, -0.05) is 0 Å². The molecule has 1 atom stereocenters. The highest BCUT2D eigenvalue weighted by Crippen LogP contribution is 2.58. The minimum absolute atomic E-state index is 0.251. The van der Waals surface area contributed by atoms with Crippen molar-refractivity contribution in [2.75, 3.05) is 5.32 Å². The topological polar surface area (TPSA) is 97.4 Å². The number of hydrogen-bond donors (Lipinski definition) is 2. The van der Waals surface area contributed by atoms with Crippen molar-refractivity contribution in [2.45, 2.75) is 80.3 Å². The summed E-state index contributed by atoms with van der Waals surface area (Å²) in [4.78, 5) is 17.9. The SMILES string of the molecule is NS(=O)(=NC(=O)Nc1c2c(nc3c1CCC31CC1)CCC2)c1scc2c1CCCC2. The highest BCUT2D eigenvalue weighted by atomic mass is 32.2. The molecule has 1 saturated carbocycles. The lowest BCUT2D eigenvalue weighted by Crippen LogP contribution is -2.20. The zero-order chi connectivity index (χ0) is 20.5. The van der Waals surface area contributed by atoms with Crippen LogP contribution in [0.5, 0.6) is 0 Å². The molecule has 0 bridgehead atoms. The van der Waals surface area contributed by atoms with E-state index in [9.17, 15) is 9.00 Å². The standard InChI is InChI=1S/C22H26N4O2S2/c23-30(28,20-14-5-2-1-4-13(14)12-29-20)26-21(27)25-18-15-6-3-7-17(15)24-19-16(18)8-9-22(19)10-11-22/h12H,1-11H2,(H3,23,24,25,26,27,28). The van der Waals surface area contributed by atoms with E-state index in [2.05, 4.69) is 9.68 Å². The first kappa shape index (κ1) is 19.0. The van der Waals surface area contributed by atoms with Crippen LogP contribution in [0.15, 0.2) is 14.0 Å². The van der Waals surface area contributed by atoms with E-state index in [0.717, 1.165) is 80.3 Å². The van der Waals surface area contributed by atoms with Gasteiger partial charge in [0.15, 0.2) is 9.92 Å². The van der Waals surface area contributed by atoms with E-state index in [1.54, 1.807) is 0 Å². The molecule has 0 radical (unpaired) electrons. The van der Waals surface area contributed by atoms with Crippen LogP contribution in [0.4, 0.5) is 10.5 Å². The van der Waals surface area contributed by atoms with Crippen LogP contribution in [-0.2, 0) is 47.4 Å². The molecular weight excluding hydrogens is 416 g/mol. The molecule has 2 heterocycles. The van der Waals surface area contributed by atoms with E-state index in [1.165, 1.54) is 41.0 Å². The van der Waals surface area contributed by atoms with Gasteiger partial charge in [0.25, 0.3) is 0 Å². The molecule has 6 nitrogen and oxygen atoms in total. The molecule has 4 aliphatic rings. The molecule has 1 unspecified atom stereocenters. The zero-order valence-electron chi connectivity index (χ0n) is 17.0. The lowest BCUT2D eigenvalue weighted by atomic mass is 9.96. The van der Waals surface area contributed by atoms with Crippen LogP contribution < -0.4 is 10.5 Å². The van der Waals surface area contributed by atoms with Gasteiger partial charge in [-0.3, -0.25) is 4.98 Å². The van der Waals surface area contributed by atoms with Crippen LogP contribution in [0.3, 0.4) is 0 Å². The van der Waals surface area contributed by atoms with E-state index in [1.807, 2.05) is 5.38 Å². The summed E-state index contributed by atoms with van der Waals surface area (Å²) in [6.45, 7) is 0. The Morgan fingerprint density at radius 2 is 1.87 bits per heavy atom. The number of aromatic nitrogens is 1. The van der Waals surface area contributed by atoms with Gasteiger partial charge in [-0.15, -0.1) is 15.7 Å². The van der Waals surface area contributed by atoms with Crippen LogP contribution in [0.25, 0.3) is 0 Å². The van der Waals surface area contributed by atoms with Crippen LogP contribution in [-0.4, -0.2) is 15.2 Å². The quantitative estimate of drug-likeness (QED) is 0.720. The lowest BCUT2D eigenvalue weighted by Gasteiger charge is -2.16. The number of nitrogens with zero attached hydrogens (tertiary/aromatic N) is 2. The summed E-state index contributed by atoms with van der Waals surface area (Å²) in [5, 5.41) is 11.2. The fourth-order valence-electron chi connectivity index (χ4n) is 5.60. The number of fused-ring (bicyclic) bond motifs is 4. The van der Waals surface area contributed by atoms with Gasteiger partial charge in [0.2, 0.25) is 0 Å². The summed E-state index contributed by atoms with van der Waals surface area (Å²) < 4.78 is 17.8. The van der Waals surface area contributed by atoms with Crippen molar-refractivity contribution in [1.82, 2.24) is 4.98 Å². The van der Waals surface area contributed by atoms with Crippen LogP contribution in [0.1, 0.15) is 72.2 Å². The monoisotopic (exact) mass is 442 g/mol. The summed E-state index contributed by atoms with van der Waals surface area (Å²) in [5.74, 6) is 0. The van der Waals surface area contributed by atoms with Gasteiger partial charge < -0.3 is 5.32 Å². The van der Waals surface area contributed by atoms with Crippen LogP contribution >= 0.6 is 11.3 Å². The second kappa shape index (κ2) is 6.61. The maximum atomic E-state index is 13.3. The molecule has 4 aliphatic carbocycles. The van der Waals surface area contributed by atoms with E-state index in [-0.39, 0.29) is 5.41 Å². The molecule has 0 aromatic carbocycles. The smallest absolute Gasteiger partial charge is 0.305 e. The molecule has 1 spiro atoms. The fourth-order valence-corrected chi connectivity index (χ4v) is 8.26. The van der Waals surface area contributed by atoms with E-state index >= 15 is 0 Å². The molecule has 0 aliphatic heterocycles. The number of anilines is 1. The highest BCUT2D eigenvalue weighted by molar-refractivity contribution is 7.93. The summed E-state index contributed by atoms with van der Waals surface area (Å²) in [6.07, 6.45) is 11.5. The molecule has 8 heteroatoms. The second-order valence-corrected chi connectivity index (χ2v) is 12.1. The Bertz CT molecular complexity index is 1200. The van der Waals surface area contributed by atoms with Crippen molar-refractivity contribution in [3.8, 4) is 0 Å². The number of nitrogens with one attached hydrogen (secondary N) is 1. The summed E-state index contributed by atoms with van der Waals surface area (Å²) in [5.41, 5.74) is 8.04. The third-order valence-electron chi connectivity index (χ3n) is 7.32. The molecule has 3 N–H and O–H groups in total. The molecule has 6 rings (SSSR count). The van der Waals surface area contributed by atoms with E-state index in [0.29, 0.717) is 4.21 Å². The van der Waals surface area contributed by atoms with Crippen molar-refractivity contribution in [3.63, 3.8) is 0 Å². The molecule has 30 heavy (non-hydrogen) atoms. The van der Waals surface area contributed by atoms with Crippen molar-refractivity contribution in [3.05, 3.63) is 39.0 Å². The number of urea groups is 1. The van der Waals surface area contributed by atoms with Crippen molar-refractivity contribution in [1.29, 1.82) is 0 Å². The van der Waals surface area contributed by atoms with Crippen LogP contribution in [0, 0.1) is 0 Å². The predicted octanol–water partition coefficient (Wildman–Crippen LogP) is 4.42. The minimum Gasteiger partial charge on any atom is -0.305 e. The predicted molar refractivity (Wildman–Crippen MR) is 118 cm³/mol. The number of rotatable bonds is 2. The highest BCUT2D eigenvalue weighted by Gasteiger charge is 2.51. The zero-order valence-corrected chi connectivity index (χ0v) is 18.6. The third-order valence-corrected chi connectivity index (χ3v) is 10.4. The number of carbonyl (C=O) groups excluding carboxylic acids is 1. The number of hydrogen-bond acceptors (Lipinski definition) is 4. The molecule has 2 amide bonds. The summed E-state index contributed by atoms with van der Waals surface area (Å²) in [6, 6.07) is -0.597. The first-order valence-electron chi connectivity index (χ1n) is 11.0. The van der Waals surface area contributed by atoms with Gasteiger partial charge in [0.05, 0.1) is 11.4 Å². The van der Waals surface area contributed by atoms with Crippen molar-refractivity contribution >= 4 is 33.0 Å². The van der Waals surface area contributed by atoms with Gasteiger partial charge >= 0.3 is 6.03 Å². The normalized spacial score (nSPS) is 22.2. The fraction of sp³-hybridized carbons (Fsp3) is 0.545. The van der Waals surface area contributed by atoms with Crippen LogP contribution in [0.2, 0.25) is 0 Å². The van der Waals surface area contributed by atoms with Crippen molar-refractivity contribution < 1.29 is 9.00 Å². The summed E-state index contributed by atoms with van der Waals surface area (Å²) >= 11 is 1.38. The van der Waals surface area contributed by atoms with Gasteiger partial charge in [-0.2, -0.15) is 0 Å². The Balaban J connectivity index is 1.36. The number of aryl methyl sites for hydroxylation is 2. The van der Waals surface area contributed by atoms with Gasteiger partial charge in [-0.05, 0) is 98.3 Å². The summed E-state index contributed by atoms with van der Waals surface area (Å²) in [7, 11) is -3.25. The van der Waals surface area contributed by atoms with E-state index < -0.39 is 15.9 Å². The Labute approximate surface area is 181 Å². The molecule has 0 saturated heterocycles. The Morgan fingerprint density at radius 3 is 2.70 bits per heavy atom. The van der Waals surface area contributed by atoms with Crippen molar-refractivity contribution in [2.24, 2.45) is 9.50 Å².